The first-order valence-electron chi connectivity index (χ1n) is 7.69. The zero-order valence-electron chi connectivity index (χ0n) is 13.0. The minimum absolute atomic E-state index is 0.256. The topological polar surface area (TPSA) is 0 Å². The molecule has 0 bridgehead atoms. The van der Waals surface area contributed by atoms with E-state index in [9.17, 15) is 0 Å². The van der Waals surface area contributed by atoms with Crippen LogP contribution in [0.1, 0.15) is 50.3 Å². The smallest absolute Gasteiger partial charge is 0.0132 e. The maximum atomic E-state index is 2.29. The second-order valence-electron chi connectivity index (χ2n) is 6.64. The van der Waals surface area contributed by atoms with E-state index in [0.717, 1.165) is 0 Å². The minimum Gasteiger partial charge on any atom is -0.0622 e. The first-order valence-corrected chi connectivity index (χ1v) is 7.69. The highest BCUT2D eigenvalue weighted by molar-refractivity contribution is 5.27. The second-order valence-corrected chi connectivity index (χ2v) is 6.64. The van der Waals surface area contributed by atoms with Gasteiger partial charge >= 0.3 is 0 Å². The monoisotopic (exact) mass is 266 g/mol. The Balaban J connectivity index is 1.77. The maximum Gasteiger partial charge on any atom is -0.0132 e. The summed E-state index contributed by atoms with van der Waals surface area (Å²) in [4.78, 5) is 0. The molecule has 0 heterocycles. The fraction of sp³-hybridized carbons (Fsp3) is 0.400. The molecule has 0 saturated heterocycles. The predicted octanol–water partition coefficient (Wildman–Crippen LogP) is 5.55. The second kappa shape index (κ2) is 6.74. The summed E-state index contributed by atoms with van der Waals surface area (Å²) in [5.41, 5.74) is 4.60. The van der Waals surface area contributed by atoms with E-state index in [1.165, 1.54) is 42.4 Å². The van der Waals surface area contributed by atoms with Gasteiger partial charge in [-0.05, 0) is 47.8 Å². The molecule has 0 aliphatic carbocycles. The lowest BCUT2D eigenvalue weighted by molar-refractivity contribution is 0.590. The molecular formula is C20H26. The maximum absolute atomic E-state index is 2.29. The van der Waals surface area contributed by atoms with Gasteiger partial charge in [-0.25, -0.2) is 0 Å². The molecule has 0 aliphatic heterocycles. The van der Waals surface area contributed by atoms with Crippen molar-refractivity contribution in [3.8, 4) is 0 Å². The summed E-state index contributed by atoms with van der Waals surface area (Å²) in [5.74, 6) is 0. The van der Waals surface area contributed by atoms with Crippen LogP contribution in [0.4, 0.5) is 0 Å². The third kappa shape index (κ3) is 4.52. The molecule has 0 nitrogen and oxygen atoms in total. The van der Waals surface area contributed by atoms with Crippen LogP contribution < -0.4 is 0 Å². The van der Waals surface area contributed by atoms with Gasteiger partial charge in [-0.15, -0.1) is 0 Å². The van der Waals surface area contributed by atoms with Crippen molar-refractivity contribution in [1.82, 2.24) is 0 Å². The van der Waals surface area contributed by atoms with Crippen LogP contribution in [0.15, 0.2) is 54.6 Å². The minimum atomic E-state index is 0.256. The molecule has 0 N–H and O–H groups in total. The predicted molar refractivity (Wildman–Crippen MR) is 88.2 cm³/mol. The molecule has 0 aliphatic rings. The van der Waals surface area contributed by atoms with Crippen molar-refractivity contribution in [2.45, 2.75) is 51.9 Å². The van der Waals surface area contributed by atoms with Crippen LogP contribution in [0, 0.1) is 0 Å². The van der Waals surface area contributed by atoms with Crippen molar-refractivity contribution < 1.29 is 0 Å². The van der Waals surface area contributed by atoms with E-state index in [-0.39, 0.29) is 5.41 Å². The van der Waals surface area contributed by atoms with Gasteiger partial charge in [-0.1, -0.05) is 75.4 Å². The lowest BCUT2D eigenvalue weighted by Crippen LogP contribution is -2.10. The highest BCUT2D eigenvalue weighted by atomic mass is 14.2. The van der Waals surface area contributed by atoms with Crippen LogP contribution in [0.25, 0.3) is 0 Å². The normalized spacial score (nSPS) is 11.6. The lowest BCUT2D eigenvalue weighted by Gasteiger charge is -2.19. The summed E-state index contributed by atoms with van der Waals surface area (Å²) >= 11 is 0. The van der Waals surface area contributed by atoms with Crippen molar-refractivity contribution in [2.24, 2.45) is 0 Å². The van der Waals surface area contributed by atoms with E-state index in [1.54, 1.807) is 0 Å². The molecule has 0 saturated carbocycles. The number of rotatable bonds is 5. The third-order valence-corrected chi connectivity index (χ3v) is 3.84. The molecule has 20 heavy (non-hydrogen) atoms. The molecule has 0 fully saturated rings. The Kier molecular flexibility index (Phi) is 5.00. The van der Waals surface area contributed by atoms with Gasteiger partial charge in [0.15, 0.2) is 0 Å². The Labute approximate surface area is 123 Å². The zero-order valence-corrected chi connectivity index (χ0v) is 13.0. The van der Waals surface area contributed by atoms with Crippen molar-refractivity contribution in [3.05, 3.63) is 71.3 Å². The summed E-state index contributed by atoms with van der Waals surface area (Å²) < 4.78 is 0. The van der Waals surface area contributed by atoms with Crippen LogP contribution in [0.5, 0.6) is 0 Å². The van der Waals surface area contributed by atoms with Gasteiger partial charge in [0.2, 0.25) is 0 Å². The Morgan fingerprint density at radius 2 is 1.15 bits per heavy atom. The van der Waals surface area contributed by atoms with E-state index in [4.69, 9.17) is 0 Å². The van der Waals surface area contributed by atoms with Gasteiger partial charge in [0.05, 0.1) is 0 Å². The molecule has 0 heteroatoms. The van der Waals surface area contributed by atoms with E-state index >= 15 is 0 Å². The molecule has 0 aromatic heterocycles. The highest BCUT2D eigenvalue weighted by Crippen LogP contribution is 2.22. The fourth-order valence-corrected chi connectivity index (χ4v) is 2.47. The summed E-state index contributed by atoms with van der Waals surface area (Å²) in [6, 6.07) is 19.9. The number of benzene rings is 2. The van der Waals surface area contributed by atoms with Gasteiger partial charge in [-0.2, -0.15) is 0 Å². The van der Waals surface area contributed by atoms with Gasteiger partial charge in [-0.3, -0.25) is 0 Å². The molecule has 0 amide bonds. The number of hydrogen-bond acceptors (Lipinski definition) is 0. The molecule has 0 atom stereocenters. The quantitative estimate of drug-likeness (QED) is 0.622. The van der Waals surface area contributed by atoms with Gasteiger partial charge in [0, 0.05) is 0 Å². The van der Waals surface area contributed by atoms with Crippen molar-refractivity contribution in [2.75, 3.05) is 0 Å². The molecule has 0 spiro atoms. The van der Waals surface area contributed by atoms with Crippen LogP contribution in [0.3, 0.4) is 0 Å². The van der Waals surface area contributed by atoms with Crippen molar-refractivity contribution in [3.63, 3.8) is 0 Å². The van der Waals surface area contributed by atoms with Crippen LogP contribution >= 0.6 is 0 Å². The average Bonchev–Trinajstić information content (AvgIpc) is 2.44. The summed E-state index contributed by atoms with van der Waals surface area (Å²) in [5, 5.41) is 0. The van der Waals surface area contributed by atoms with E-state index < -0.39 is 0 Å². The third-order valence-electron chi connectivity index (χ3n) is 3.84. The summed E-state index contributed by atoms with van der Waals surface area (Å²) in [7, 11) is 0. The number of unbranched alkanes of at least 4 members (excludes halogenated alkanes) is 1. The van der Waals surface area contributed by atoms with E-state index in [1.807, 2.05) is 0 Å². The summed E-state index contributed by atoms with van der Waals surface area (Å²) in [6.07, 6.45) is 4.92. The molecular weight excluding hydrogens is 240 g/mol. The Morgan fingerprint density at radius 1 is 0.650 bits per heavy atom. The zero-order chi connectivity index (χ0) is 14.4. The number of hydrogen-bond donors (Lipinski definition) is 0. The van der Waals surface area contributed by atoms with Gasteiger partial charge in [0.1, 0.15) is 0 Å². The van der Waals surface area contributed by atoms with Gasteiger partial charge in [0.25, 0.3) is 0 Å². The summed E-state index contributed by atoms with van der Waals surface area (Å²) in [6.45, 7) is 6.80. The Bertz CT molecular complexity index is 500. The standard InChI is InChI=1S/C20H26/c1-20(2,3)19-15-13-18(14-16-19)12-8-7-11-17-9-5-4-6-10-17/h4-6,9-10,13-16H,7-8,11-12H2,1-3H3. The Morgan fingerprint density at radius 3 is 1.65 bits per heavy atom. The average molecular weight is 266 g/mol. The van der Waals surface area contributed by atoms with Crippen LogP contribution in [-0.4, -0.2) is 0 Å². The molecule has 106 valence electrons. The molecule has 0 unspecified atom stereocenters. The van der Waals surface area contributed by atoms with Crippen molar-refractivity contribution in [1.29, 1.82) is 0 Å². The highest BCUT2D eigenvalue weighted by Gasteiger charge is 2.12. The lowest BCUT2D eigenvalue weighted by atomic mass is 9.86. The van der Waals surface area contributed by atoms with E-state index in [2.05, 4.69) is 75.4 Å². The largest absolute Gasteiger partial charge is 0.0622 e. The molecule has 0 radical (unpaired) electrons. The van der Waals surface area contributed by atoms with Crippen LogP contribution in [-0.2, 0) is 18.3 Å². The molecule has 2 aromatic rings. The SMILES string of the molecule is CC(C)(C)c1ccc(CCCCc2ccccc2)cc1. The first-order chi connectivity index (χ1) is 9.55. The fourth-order valence-electron chi connectivity index (χ4n) is 2.47. The molecule has 2 rings (SSSR count). The van der Waals surface area contributed by atoms with Crippen molar-refractivity contribution >= 4 is 0 Å². The van der Waals surface area contributed by atoms with Gasteiger partial charge < -0.3 is 0 Å². The van der Waals surface area contributed by atoms with Crippen LogP contribution in [0.2, 0.25) is 0 Å². The number of aryl methyl sites for hydroxylation is 2. The van der Waals surface area contributed by atoms with E-state index in [0.29, 0.717) is 0 Å². The molecule has 2 aromatic carbocycles. The first kappa shape index (κ1) is 14.8. The Hall–Kier alpha value is -1.56.